The second kappa shape index (κ2) is 6.78. The molecular weight excluding hydrogens is 352 g/mol. The lowest BCUT2D eigenvalue weighted by atomic mass is 9.81. The Morgan fingerprint density at radius 1 is 0.750 bits per heavy atom. The summed E-state index contributed by atoms with van der Waals surface area (Å²) in [5.74, 6) is -0.435. The standard InChI is InChI=1S/C23H18N2O3/c1-13-7-12-19(25-16-10-8-15(9-11-16)24-14(2)26)21-20(13)22(27)17-5-3-4-6-18(17)23(21)28/h3-12,25H,1-2H3,(H,24,26). The Morgan fingerprint density at radius 2 is 1.32 bits per heavy atom. The van der Waals surface area contributed by atoms with Gasteiger partial charge in [0, 0.05) is 35.0 Å². The zero-order chi connectivity index (χ0) is 19.8. The summed E-state index contributed by atoms with van der Waals surface area (Å²) in [7, 11) is 0. The van der Waals surface area contributed by atoms with E-state index in [1.165, 1.54) is 6.92 Å². The minimum Gasteiger partial charge on any atom is -0.355 e. The van der Waals surface area contributed by atoms with E-state index in [9.17, 15) is 14.4 Å². The van der Waals surface area contributed by atoms with Crippen molar-refractivity contribution in [2.45, 2.75) is 13.8 Å². The molecule has 0 bridgehead atoms. The van der Waals surface area contributed by atoms with Gasteiger partial charge < -0.3 is 10.6 Å². The summed E-state index contributed by atoms with van der Waals surface area (Å²) in [6.45, 7) is 3.29. The molecule has 1 aliphatic carbocycles. The lowest BCUT2D eigenvalue weighted by Gasteiger charge is -2.22. The number of benzene rings is 3. The average molecular weight is 370 g/mol. The molecule has 1 aliphatic rings. The van der Waals surface area contributed by atoms with Crippen molar-refractivity contribution < 1.29 is 14.4 Å². The van der Waals surface area contributed by atoms with Gasteiger partial charge in [0.2, 0.25) is 5.91 Å². The number of carbonyl (C=O) groups excluding carboxylic acids is 3. The molecule has 0 aliphatic heterocycles. The molecule has 0 fully saturated rings. The molecule has 0 radical (unpaired) electrons. The first-order valence-corrected chi connectivity index (χ1v) is 8.92. The van der Waals surface area contributed by atoms with Crippen LogP contribution in [-0.2, 0) is 4.79 Å². The van der Waals surface area contributed by atoms with Crippen molar-refractivity contribution in [3.63, 3.8) is 0 Å². The van der Waals surface area contributed by atoms with Gasteiger partial charge in [-0.1, -0.05) is 30.3 Å². The fourth-order valence-electron chi connectivity index (χ4n) is 3.48. The van der Waals surface area contributed by atoms with Crippen LogP contribution in [0.4, 0.5) is 17.1 Å². The van der Waals surface area contributed by atoms with Crippen LogP contribution in [-0.4, -0.2) is 17.5 Å². The van der Waals surface area contributed by atoms with E-state index in [2.05, 4.69) is 10.6 Å². The molecule has 4 rings (SSSR count). The highest BCUT2D eigenvalue weighted by Gasteiger charge is 2.32. The predicted molar refractivity (Wildman–Crippen MR) is 109 cm³/mol. The summed E-state index contributed by atoms with van der Waals surface area (Å²) >= 11 is 0. The number of ketones is 2. The quantitative estimate of drug-likeness (QED) is 0.558. The number of aryl methyl sites for hydroxylation is 1. The van der Waals surface area contributed by atoms with Crippen molar-refractivity contribution in [3.05, 3.63) is 88.5 Å². The van der Waals surface area contributed by atoms with E-state index in [1.807, 2.05) is 19.1 Å². The number of carbonyl (C=O) groups is 3. The summed E-state index contributed by atoms with van der Waals surface area (Å²) in [4.78, 5) is 37.3. The number of fused-ring (bicyclic) bond motifs is 2. The van der Waals surface area contributed by atoms with Crippen LogP contribution >= 0.6 is 0 Å². The molecule has 0 saturated carbocycles. The summed E-state index contributed by atoms with van der Waals surface area (Å²) in [5, 5.41) is 5.95. The van der Waals surface area contributed by atoms with Gasteiger partial charge in [0.15, 0.2) is 11.6 Å². The fraction of sp³-hybridized carbons (Fsp3) is 0.0870. The Kier molecular flexibility index (Phi) is 4.28. The molecule has 0 unspecified atom stereocenters. The Morgan fingerprint density at radius 3 is 1.93 bits per heavy atom. The van der Waals surface area contributed by atoms with Crippen molar-refractivity contribution >= 4 is 34.5 Å². The number of amides is 1. The number of rotatable bonds is 3. The lowest BCUT2D eigenvalue weighted by Crippen LogP contribution is -2.23. The van der Waals surface area contributed by atoms with Gasteiger partial charge in [0.1, 0.15) is 0 Å². The van der Waals surface area contributed by atoms with Crippen LogP contribution in [0.25, 0.3) is 0 Å². The Bertz CT molecular complexity index is 1130. The van der Waals surface area contributed by atoms with E-state index >= 15 is 0 Å². The maximum atomic E-state index is 13.2. The molecule has 1 amide bonds. The zero-order valence-electron chi connectivity index (χ0n) is 15.5. The molecule has 0 saturated heterocycles. The Labute approximate surface area is 162 Å². The lowest BCUT2D eigenvalue weighted by molar-refractivity contribution is -0.114. The van der Waals surface area contributed by atoms with Crippen LogP contribution in [0.5, 0.6) is 0 Å². The molecule has 2 N–H and O–H groups in total. The SMILES string of the molecule is CC(=O)Nc1ccc(Nc2ccc(C)c3c2C(=O)c2ccccc2C3=O)cc1. The van der Waals surface area contributed by atoms with Gasteiger partial charge >= 0.3 is 0 Å². The van der Waals surface area contributed by atoms with E-state index in [-0.39, 0.29) is 17.5 Å². The first-order chi connectivity index (χ1) is 13.5. The summed E-state index contributed by atoms with van der Waals surface area (Å²) in [5.41, 5.74) is 4.51. The molecular formula is C23H18N2O3. The topological polar surface area (TPSA) is 75.3 Å². The van der Waals surface area contributed by atoms with Gasteiger partial charge in [0.05, 0.1) is 11.3 Å². The maximum Gasteiger partial charge on any atom is 0.221 e. The largest absolute Gasteiger partial charge is 0.355 e. The van der Waals surface area contributed by atoms with E-state index in [0.717, 1.165) is 11.3 Å². The summed E-state index contributed by atoms with van der Waals surface area (Å²) < 4.78 is 0. The highest BCUT2D eigenvalue weighted by Crippen LogP contribution is 2.35. The fourth-order valence-corrected chi connectivity index (χ4v) is 3.48. The van der Waals surface area contributed by atoms with Crippen molar-refractivity contribution in [2.24, 2.45) is 0 Å². The molecule has 28 heavy (non-hydrogen) atoms. The molecule has 0 heterocycles. The van der Waals surface area contributed by atoms with Crippen molar-refractivity contribution in [2.75, 3.05) is 10.6 Å². The Balaban J connectivity index is 1.75. The van der Waals surface area contributed by atoms with Crippen LogP contribution in [0, 0.1) is 6.92 Å². The van der Waals surface area contributed by atoms with E-state index < -0.39 is 0 Å². The minimum atomic E-state index is -0.161. The molecule has 0 atom stereocenters. The molecule has 3 aromatic carbocycles. The smallest absolute Gasteiger partial charge is 0.221 e. The molecule has 0 spiro atoms. The molecule has 5 nitrogen and oxygen atoms in total. The molecule has 5 heteroatoms. The van der Waals surface area contributed by atoms with E-state index in [1.54, 1.807) is 48.5 Å². The van der Waals surface area contributed by atoms with Gasteiger partial charge in [-0.05, 0) is 42.8 Å². The monoisotopic (exact) mass is 370 g/mol. The minimum absolute atomic E-state index is 0.132. The number of nitrogens with one attached hydrogen (secondary N) is 2. The highest BCUT2D eigenvalue weighted by molar-refractivity contribution is 6.30. The van der Waals surface area contributed by atoms with Crippen molar-refractivity contribution in [3.8, 4) is 0 Å². The third-order valence-corrected chi connectivity index (χ3v) is 4.77. The van der Waals surface area contributed by atoms with Crippen molar-refractivity contribution in [1.82, 2.24) is 0 Å². The number of hydrogen-bond acceptors (Lipinski definition) is 4. The zero-order valence-corrected chi connectivity index (χ0v) is 15.5. The van der Waals surface area contributed by atoms with Crippen LogP contribution < -0.4 is 10.6 Å². The average Bonchev–Trinajstić information content (AvgIpc) is 2.68. The summed E-state index contributed by atoms with van der Waals surface area (Å²) in [6.07, 6.45) is 0. The maximum absolute atomic E-state index is 13.2. The second-order valence-electron chi connectivity index (χ2n) is 6.77. The third kappa shape index (κ3) is 2.97. The number of hydrogen-bond donors (Lipinski definition) is 2. The normalized spacial score (nSPS) is 12.2. The van der Waals surface area contributed by atoms with Gasteiger partial charge in [-0.15, -0.1) is 0 Å². The molecule has 0 aromatic heterocycles. The van der Waals surface area contributed by atoms with Crippen molar-refractivity contribution in [1.29, 1.82) is 0 Å². The van der Waals surface area contributed by atoms with Crippen LogP contribution in [0.3, 0.4) is 0 Å². The van der Waals surface area contributed by atoms with Crippen LogP contribution in [0.15, 0.2) is 60.7 Å². The first-order valence-electron chi connectivity index (χ1n) is 8.92. The molecule has 138 valence electrons. The summed E-state index contributed by atoms with van der Waals surface area (Å²) in [6, 6.07) is 17.7. The second-order valence-corrected chi connectivity index (χ2v) is 6.77. The van der Waals surface area contributed by atoms with E-state index in [4.69, 9.17) is 0 Å². The Hall–Kier alpha value is -3.73. The van der Waals surface area contributed by atoms with Gasteiger partial charge in [-0.25, -0.2) is 0 Å². The van der Waals surface area contributed by atoms with Gasteiger partial charge in [-0.2, -0.15) is 0 Å². The van der Waals surface area contributed by atoms with Gasteiger partial charge in [0.25, 0.3) is 0 Å². The van der Waals surface area contributed by atoms with E-state index in [0.29, 0.717) is 33.6 Å². The first kappa shape index (κ1) is 17.7. The number of anilines is 3. The van der Waals surface area contributed by atoms with Crippen LogP contribution in [0.1, 0.15) is 44.3 Å². The highest BCUT2D eigenvalue weighted by atomic mass is 16.1. The third-order valence-electron chi connectivity index (χ3n) is 4.77. The van der Waals surface area contributed by atoms with Gasteiger partial charge in [-0.3, -0.25) is 14.4 Å². The molecule has 3 aromatic rings. The predicted octanol–water partition coefficient (Wildman–Crippen LogP) is 4.47. The van der Waals surface area contributed by atoms with Crippen LogP contribution in [0.2, 0.25) is 0 Å².